The van der Waals surface area contributed by atoms with Crippen LogP contribution in [0.4, 0.5) is 5.88 Å². The van der Waals surface area contributed by atoms with Crippen LogP contribution >= 0.6 is 0 Å². The standard InChI is InChI=1S/C3H2N4O/c4-7-6-3-1-2-5-8-3/h1-2H. The van der Waals surface area contributed by atoms with Crippen molar-refractivity contribution in [3.8, 4) is 0 Å². The summed E-state index contributed by atoms with van der Waals surface area (Å²) >= 11 is 0. The summed E-state index contributed by atoms with van der Waals surface area (Å²) < 4.78 is 4.40. The number of hydrogen-bond donors (Lipinski definition) is 0. The monoisotopic (exact) mass is 110 g/mol. The van der Waals surface area contributed by atoms with Gasteiger partial charge in [-0.15, -0.1) is 0 Å². The molecule has 1 heterocycles. The van der Waals surface area contributed by atoms with Gasteiger partial charge in [-0.3, -0.25) is 0 Å². The molecule has 1 aromatic rings. The van der Waals surface area contributed by atoms with Crippen LogP contribution in [0.1, 0.15) is 0 Å². The summed E-state index contributed by atoms with van der Waals surface area (Å²) in [5.41, 5.74) is 7.81. The van der Waals surface area contributed by atoms with Crippen molar-refractivity contribution in [2.45, 2.75) is 0 Å². The van der Waals surface area contributed by atoms with Crippen molar-refractivity contribution < 1.29 is 4.52 Å². The Kier molecular flexibility index (Phi) is 1.16. The highest BCUT2D eigenvalue weighted by Gasteiger charge is 1.85. The molecule has 0 spiro atoms. The van der Waals surface area contributed by atoms with Crippen LogP contribution in [0.3, 0.4) is 0 Å². The summed E-state index contributed by atoms with van der Waals surface area (Å²) in [5, 5.41) is 6.42. The van der Waals surface area contributed by atoms with Gasteiger partial charge in [0.25, 0.3) is 0 Å². The minimum absolute atomic E-state index is 0.188. The normalized spacial score (nSPS) is 8.00. The van der Waals surface area contributed by atoms with Crippen LogP contribution in [0.2, 0.25) is 0 Å². The minimum atomic E-state index is 0.188. The first-order chi connectivity index (χ1) is 3.93. The second-order valence-corrected chi connectivity index (χ2v) is 1.04. The van der Waals surface area contributed by atoms with Crippen molar-refractivity contribution in [2.24, 2.45) is 5.11 Å². The van der Waals surface area contributed by atoms with Gasteiger partial charge in [0.1, 0.15) is 0 Å². The van der Waals surface area contributed by atoms with Gasteiger partial charge < -0.3 is 4.52 Å². The Hall–Kier alpha value is -1.48. The van der Waals surface area contributed by atoms with Crippen LogP contribution in [-0.4, -0.2) is 5.16 Å². The molecule has 5 nitrogen and oxygen atoms in total. The molecule has 1 aromatic heterocycles. The summed E-state index contributed by atoms with van der Waals surface area (Å²) in [7, 11) is 0. The quantitative estimate of drug-likeness (QED) is 0.313. The zero-order chi connectivity index (χ0) is 5.82. The maximum Gasteiger partial charge on any atom is 0.223 e. The van der Waals surface area contributed by atoms with Crippen molar-refractivity contribution in [2.75, 3.05) is 0 Å². The van der Waals surface area contributed by atoms with E-state index in [-0.39, 0.29) is 5.88 Å². The van der Waals surface area contributed by atoms with Crippen molar-refractivity contribution in [3.05, 3.63) is 22.7 Å². The molecular weight excluding hydrogens is 108 g/mol. The Balaban J connectivity index is 2.93. The van der Waals surface area contributed by atoms with E-state index in [2.05, 4.69) is 19.7 Å². The lowest BCUT2D eigenvalue weighted by Crippen LogP contribution is -1.44. The van der Waals surface area contributed by atoms with Crippen LogP contribution in [0.15, 0.2) is 21.9 Å². The van der Waals surface area contributed by atoms with Crippen LogP contribution in [0, 0.1) is 0 Å². The summed E-state index contributed by atoms with van der Waals surface area (Å²) in [4.78, 5) is 2.47. The molecule has 5 heteroatoms. The molecule has 0 aliphatic heterocycles. The third-order valence-corrected chi connectivity index (χ3v) is 0.567. The van der Waals surface area contributed by atoms with Gasteiger partial charge in [-0.05, 0) is 10.6 Å². The molecule has 1 rings (SSSR count). The number of aromatic nitrogens is 1. The summed E-state index contributed by atoms with van der Waals surface area (Å²) in [5.74, 6) is 0.188. The Labute approximate surface area is 44.5 Å². The number of nitrogens with zero attached hydrogens (tertiary/aromatic N) is 4. The van der Waals surface area contributed by atoms with Crippen LogP contribution in [0.5, 0.6) is 0 Å². The lowest BCUT2D eigenvalue weighted by atomic mass is 10.7. The highest BCUT2D eigenvalue weighted by Crippen LogP contribution is 2.07. The fraction of sp³-hybridized carbons (Fsp3) is 0. The molecule has 0 amide bonds. The molecule has 0 atom stereocenters. The third-order valence-electron chi connectivity index (χ3n) is 0.567. The van der Waals surface area contributed by atoms with E-state index in [0.717, 1.165) is 0 Å². The second kappa shape index (κ2) is 1.99. The molecule has 0 unspecified atom stereocenters. The zero-order valence-corrected chi connectivity index (χ0v) is 3.85. The van der Waals surface area contributed by atoms with E-state index in [9.17, 15) is 0 Å². The molecule has 0 saturated carbocycles. The first kappa shape index (κ1) is 4.67. The molecule has 0 bridgehead atoms. The Morgan fingerprint density at radius 1 is 1.88 bits per heavy atom. The molecule has 0 aromatic carbocycles. The van der Waals surface area contributed by atoms with Gasteiger partial charge in [0, 0.05) is 11.0 Å². The highest BCUT2D eigenvalue weighted by molar-refractivity contribution is 5.17. The van der Waals surface area contributed by atoms with Gasteiger partial charge in [0.05, 0.1) is 6.20 Å². The fourth-order valence-corrected chi connectivity index (χ4v) is 0.305. The van der Waals surface area contributed by atoms with E-state index in [4.69, 9.17) is 5.53 Å². The SMILES string of the molecule is [N-]=[N+]=Nc1ccno1. The highest BCUT2D eigenvalue weighted by atomic mass is 16.5. The predicted octanol–water partition coefficient (Wildman–Crippen LogP) is 1.62. The minimum Gasteiger partial charge on any atom is -0.355 e. The first-order valence-electron chi connectivity index (χ1n) is 1.89. The molecule has 0 aliphatic carbocycles. The Morgan fingerprint density at radius 3 is 3.25 bits per heavy atom. The van der Waals surface area contributed by atoms with Crippen molar-refractivity contribution in [1.82, 2.24) is 5.16 Å². The molecule has 0 N–H and O–H groups in total. The van der Waals surface area contributed by atoms with Gasteiger partial charge in [0.2, 0.25) is 5.88 Å². The molecule has 0 fully saturated rings. The summed E-state index contributed by atoms with van der Waals surface area (Å²) in [6.45, 7) is 0. The molecule has 0 radical (unpaired) electrons. The van der Waals surface area contributed by atoms with E-state index in [0.29, 0.717) is 0 Å². The molecule has 40 valence electrons. The zero-order valence-electron chi connectivity index (χ0n) is 3.85. The second-order valence-electron chi connectivity index (χ2n) is 1.04. The topological polar surface area (TPSA) is 74.8 Å². The summed E-state index contributed by atoms with van der Waals surface area (Å²) in [6, 6.07) is 1.47. The van der Waals surface area contributed by atoms with Gasteiger partial charge in [0.15, 0.2) is 0 Å². The fourth-order valence-electron chi connectivity index (χ4n) is 0.305. The average molecular weight is 110 g/mol. The molecular formula is C3H2N4O. The first-order valence-corrected chi connectivity index (χ1v) is 1.89. The predicted molar refractivity (Wildman–Crippen MR) is 25.3 cm³/mol. The van der Waals surface area contributed by atoms with Crippen molar-refractivity contribution in [1.29, 1.82) is 0 Å². The van der Waals surface area contributed by atoms with Crippen molar-refractivity contribution in [3.63, 3.8) is 0 Å². The smallest absolute Gasteiger partial charge is 0.223 e. The lowest BCUT2D eigenvalue weighted by molar-refractivity contribution is 0.429. The largest absolute Gasteiger partial charge is 0.355 e. The van der Waals surface area contributed by atoms with Gasteiger partial charge in [-0.1, -0.05) is 5.16 Å². The maximum atomic E-state index is 7.81. The van der Waals surface area contributed by atoms with Crippen LogP contribution in [-0.2, 0) is 0 Å². The van der Waals surface area contributed by atoms with Crippen LogP contribution < -0.4 is 0 Å². The summed E-state index contributed by atoms with van der Waals surface area (Å²) in [6.07, 6.45) is 1.41. The molecule has 8 heavy (non-hydrogen) atoms. The van der Waals surface area contributed by atoms with Gasteiger partial charge >= 0.3 is 0 Å². The lowest BCUT2D eigenvalue weighted by Gasteiger charge is -1.68. The third kappa shape index (κ3) is 0.772. The van der Waals surface area contributed by atoms with Crippen molar-refractivity contribution >= 4 is 5.88 Å². The number of hydrogen-bond acceptors (Lipinski definition) is 3. The van der Waals surface area contributed by atoms with Gasteiger partial charge in [-0.25, -0.2) is 0 Å². The number of azide groups is 1. The van der Waals surface area contributed by atoms with Crippen LogP contribution in [0.25, 0.3) is 10.4 Å². The van der Waals surface area contributed by atoms with E-state index < -0.39 is 0 Å². The van der Waals surface area contributed by atoms with E-state index >= 15 is 0 Å². The average Bonchev–Trinajstić information content (AvgIpc) is 2.19. The van der Waals surface area contributed by atoms with Gasteiger partial charge in [-0.2, -0.15) is 0 Å². The van der Waals surface area contributed by atoms with E-state index in [1.165, 1.54) is 12.3 Å². The Bertz CT molecular complexity index is 197. The molecule has 0 saturated heterocycles. The number of rotatable bonds is 1. The Morgan fingerprint density at radius 2 is 2.75 bits per heavy atom. The maximum absolute atomic E-state index is 7.81. The van der Waals surface area contributed by atoms with E-state index in [1.807, 2.05) is 0 Å². The molecule has 0 aliphatic rings. The van der Waals surface area contributed by atoms with E-state index in [1.54, 1.807) is 0 Å².